The van der Waals surface area contributed by atoms with E-state index < -0.39 is 0 Å². The van der Waals surface area contributed by atoms with Gasteiger partial charge in [0.2, 0.25) is 0 Å². The molecular formula is C4H8INO. The lowest BCUT2D eigenvalue weighted by Gasteiger charge is -1.95. The zero-order valence-corrected chi connectivity index (χ0v) is 6.31. The van der Waals surface area contributed by atoms with Crippen molar-refractivity contribution in [1.82, 2.24) is 5.32 Å². The minimum Gasteiger partial charge on any atom is -0.318 e. The van der Waals surface area contributed by atoms with Crippen molar-refractivity contribution in [2.24, 2.45) is 0 Å². The van der Waals surface area contributed by atoms with Gasteiger partial charge in [0.05, 0.1) is 3.92 Å². The molecule has 1 atom stereocenters. The van der Waals surface area contributed by atoms with E-state index in [1.165, 1.54) is 0 Å². The summed E-state index contributed by atoms with van der Waals surface area (Å²) in [5, 5.41) is 2.88. The minimum absolute atomic E-state index is 0.127. The van der Waals surface area contributed by atoms with Crippen LogP contribution in [0.4, 0.5) is 0 Å². The minimum atomic E-state index is 0.127. The molecule has 0 saturated carbocycles. The molecule has 1 N–H and O–H groups in total. The maximum absolute atomic E-state index is 9.85. The molecule has 7 heavy (non-hydrogen) atoms. The van der Waals surface area contributed by atoms with Gasteiger partial charge in [-0.2, -0.15) is 0 Å². The molecule has 0 aromatic carbocycles. The lowest BCUT2D eigenvalue weighted by molar-refractivity contribution is -0.107. The summed E-state index contributed by atoms with van der Waals surface area (Å²) >= 11 is 2.07. The van der Waals surface area contributed by atoms with Crippen LogP contribution in [-0.4, -0.2) is 23.8 Å². The van der Waals surface area contributed by atoms with Gasteiger partial charge in [-0.15, -0.1) is 0 Å². The SMILES string of the molecule is CNCC(I)C=O. The van der Waals surface area contributed by atoms with Gasteiger partial charge in [0.25, 0.3) is 0 Å². The third kappa shape index (κ3) is 4.21. The van der Waals surface area contributed by atoms with Gasteiger partial charge in [-0.05, 0) is 7.05 Å². The standard InChI is InChI=1S/C4H8INO/c1-6-2-4(5)3-7/h3-4,6H,2H2,1H3. The molecule has 0 aromatic rings. The Bertz CT molecular complexity index is 57.7. The number of carbonyl (C=O) groups is 1. The smallest absolute Gasteiger partial charge is 0.134 e. The molecule has 0 heterocycles. The van der Waals surface area contributed by atoms with Crippen molar-refractivity contribution >= 4 is 28.9 Å². The first-order valence-corrected chi connectivity index (χ1v) is 3.29. The highest BCUT2D eigenvalue weighted by atomic mass is 127. The Labute approximate surface area is 56.8 Å². The van der Waals surface area contributed by atoms with Crippen LogP contribution in [-0.2, 0) is 4.79 Å². The van der Waals surface area contributed by atoms with E-state index in [9.17, 15) is 4.79 Å². The molecule has 0 aliphatic heterocycles. The maximum Gasteiger partial charge on any atom is 0.134 e. The van der Waals surface area contributed by atoms with Crippen molar-refractivity contribution in [3.8, 4) is 0 Å². The molecular weight excluding hydrogens is 205 g/mol. The first-order chi connectivity index (χ1) is 3.31. The summed E-state index contributed by atoms with van der Waals surface area (Å²) in [6.45, 7) is 0.768. The lowest BCUT2D eigenvalue weighted by atomic mass is 10.5. The number of hydrogen-bond acceptors (Lipinski definition) is 2. The van der Waals surface area contributed by atoms with Crippen LogP contribution in [0.1, 0.15) is 0 Å². The number of aldehydes is 1. The van der Waals surface area contributed by atoms with Crippen LogP contribution >= 0.6 is 22.6 Å². The number of nitrogens with one attached hydrogen (secondary N) is 1. The monoisotopic (exact) mass is 213 g/mol. The Hall–Kier alpha value is 0.360. The molecule has 0 spiro atoms. The second-order valence-electron chi connectivity index (χ2n) is 1.21. The molecule has 0 rings (SSSR count). The van der Waals surface area contributed by atoms with E-state index in [2.05, 4.69) is 27.9 Å². The van der Waals surface area contributed by atoms with Crippen LogP contribution in [0.2, 0.25) is 0 Å². The van der Waals surface area contributed by atoms with Gasteiger partial charge in [-0.1, -0.05) is 22.6 Å². The van der Waals surface area contributed by atoms with Gasteiger partial charge in [-0.3, -0.25) is 0 Å². The largest absolute Gasteiger partial charge is 0.318 e. The molecule has 3 heteroatoms. The predicted molar refractivity (Wildman–Crippen MR) is 37.8 cm³/mol. The van der Waals surface area contributed by atoms with Gasteiger partial charge in [0, 0.05) is 6.54 Å². The highest BCUT2D eigenvalue weighted by Gasteiger charge is 1.94. The normalized spacial score (nSPS) is 13.4. The topological polar surface area (TPSA) is 29.1 Å². The van der Waals surface area contributed by atoms with Crippen molar-refractivity contribution in [3.63, 3.8) is 0 Å². The molecule has 0 aliphatic rings. The Morgan fingerprint density at radius 3 is 2.71 bits per heavy atom. The second kappa shape index (κ2) is 4.52. The predicted octanol–water partition coefficient (Wildman–Crippen LogP) is 0.208. The quantitative estimate of drug-likeness (QED) is 0.412. The van der Waals surface area contributed by atoms with Crippen LogP contribution in [0, 0.1) is 0 Å². The molecule has 2 nitrogen and oxygen atoms in total. The van der Waals surface area contributed by atoms with E-state index in [0.29, 0.717) is 0 Å². The lowest BCUT2D eigenvalue weighted by Crippen LogP contribution is -2.18. The van der Waals surface area contributed by atoms with E-state index in [1.54, 1.807) is 0 Å². The average Bonchev–Trinajstić information content (AvgIpc) is 1.68. The van der Waals surface area contributed by atoms with E-state index in [0.717, 1.165) is 12.8 Å². The highest BCUT2D eigenvalue weighted by Crippen LogP contribution is 1.91. The molecule has 0 fully saturated rings. The van der Waals surface area contributed by atoms with Gasteiger partial charge in [-0.25, -0.2) is 0 Å². The van der Waals surface area contributed by atoms with Crippen molar-refractivity contribution < 1.29 is 4.79 Å². The fourth-order valence-electron chi connectivity index (χ4n) is 0.243. The van der Waals surface area contributed by atoms with Crippen LogP contribution in [0.3, 0.4) is 0 Å². The molecule has 0 amide bonds. The third-order valence-corrected chi connectivity index (χ3v) is 1.28. The molecule has 1 unspecified atom stereocenters. The summed E-state index contributed by atoms with van der Waals surface area (Å²) in [5.74, 6) is 0. The molecule has 0 saturated heterocycles. The van der Waals surface area contributed by atoms with Gasteiger partial charge in [0.1, 0.15) is 6.29 Å². The first-order valence-electron chi connectivity index (χ1n) is 2.05. The van der Waals surface area contributed by atoms with E-state index in [1.807, 2.05) is 7.05 Å². The Morgan fingerprint density at radius 1 is 2.00 bits per heavy atom. The van der Waals surface area contributed by atoms with Crippen molar-refractivity contribution in [1.29, 1.82) is 0 Å². The van der Waals surface area contributed by atoms with Gasteiger partial charge < -0.3 is 10.1 Å². The number of rotatable bonds is 3. The number of carbonyl (C=O) groups excluding carboxylic acids is 1. The fraction of sp³-hybridized carbons (Fsp3) is 0.750. The zero-order chi connectivity index (χ0) is 5.70. The van der Waals surface area contributed by atoms with E-state index in [4.69, 9.17) is 0 Å². The van der Waals surface area contributed by atoms with Crippen molar-refractivity contribution in [3.05, 3.63) is 0 Å². The van der Waals surface area contributed by atoms with Gasteiger partial charge in [0.15, 0.2) is 0 Å². The molecule has 0 radical (unpaired) electrons. The number of hydrogen-bond donors (Lipinski definition) is 1. The van der Waals surface area contributed by atoms with Crippen molar-refractivity contribution in [2.45, 2.75) is 3.92 Å². The Kier molecular flexibility index (Phi) is 4.75. The summed E-state index contributed by atoms with van der Waals surface area (Å²) in [6, 6.07) is 0. The first kappa shape index (κ1) is 7.36. The Balaban J connectivity index is 2.98. The highest BCUT2D eigenvalue weighted by molar-refractivity contribution is 14.1. The zero-order valence-electron chi connectivity index (χ0n) is 4.15. The summed E-state index contributed by atoms with van der Waals surface area (Å²) < 4.78 is 0.127. The van der Waals surface area contributed by atoms with E-state index >= 15 is 0 Å². The maximum atomic E-state index is 9.85. The summed E-state index contributed by atoms with van der Waals surface area (Å²) in [4.78, 5) is 9.85. The molecule has 42 valence electrons. The van der Waals surface area contributed by atoms with Gasteiger partial charge >= 0.3 is 0 Å². The van der Waals surface area contributed by atoms with Crippen LogP contribution in [0.5, 0.6) is 0 Å². The van der Waals surface area contributed by atoms with Crippen LogP contribution < -0.4 is 5.32 Å². The van der Waals surface area contributed by atoms with Crippen LogP contribution in [0.25, 0.3) is 0 Å². The fourth-order valence-corrected chi connectivity index (χ4v) is 0.684. The van der Waals surface area contributed by atoms with Crippen LogP contribution in [0.15, 0.2) is 0 Å². The average molecular weight is 213 g/mol. The summed E-state index contributed by atoms with van der Waals surface area (Å²) in [7, 11) is 1.83. The second-order valence-corrected chi connectivity index (χ2v) is 2.81. The number of halogens is 1. The summed E-state index contributed by atoms with van der Waals surface area (Å²) in [6.07, 6.45) is 0.928. The molecule has 0 aromatic heterocycles. The Morgan fingerprint density at radius 2 is 2.57 bits per heavy atom. The van der Waals surface area contributed by atoms with E-state index in [-0.39, 0.29) is 3.92 Å². The molecule has 0 aliphatic carbocycles. The summed E-state index contributed by atoms with van der Waals surface area (Å²) in [5.41, 5.74) is 0. The molecule has 0 bridgehead atoms. The van der Waals surface area contributed by atoms with Crippen molar-refractivity contribution in [2.75, 3.05) is 13.6 Å². The third-order valence-electron chi connectivity index (χ3n) is 0.547. The number of alkyl halides is 1.